The van der Waals surface area contributed by atoms with Crippen LogP contribution >= 0.6 is 11.6 Å². The smallest absolute Gasteiger partial charge is 0.230 e. The maximum absolute atomic E-state index is 12.5. The molecule has 0 N–H and O–H groups in total. The van der Waals surface area contributed by atoms with Gasteiger partial charge in [-0.2, -0.15) is 0 Å². The molecule has 1 aromatic carbocycles. The first-order chi connectivity index (χ1) is 9.74. The van der Waals surface area contributed by atoms with Crippen molar-refractivity contribution >= 4 is 23.2 Å². The molecule has 0 atom stereocenters. The molecule has 2 aromatic rings. The summed E-state index contributed by atoms with van der Waals surface area (Å²) in [5.41, 5.74) is 1.96. The van der Waals surface area contributed by atoms with Crippen LogP contribution in [0.1, 0.15) is 18.4 Å². The number of hydrogen-bond acceptors (Lipinski definition) is 2. The third-order valence-corrected chi connectivity index (χ3v) is 3.67. The molecule has 1 heterocycles. The van der Waals surface area contributed by atoms with Gasteiger partial charge in [0.25, 0.3) is 0 Å². The Morgan fingerprint density at radius 3 is 2.40 bits per heavy atom. The summed E-state index contributed by atoms with van der Waals surface area (Å²) < 4.78 is 0. The zero-order valence-electron chi connectivity index (χ0n) is 11.0. The van der Waals surface area contributed by atoms with Gasteiger partial charge < -0.3 is 4.90 Å². The summed E-state index contributed by atoms with van der Waals surface area (Å²) >= 11 is 5.92. The van der Waals surface area contributed by atoms with Crippen molar-refractivity contribution < 1.29 is 4.79 Å². The molecule has 1 fully saturated rings. The first kappa shape index (κ1) is 13.1. The zero-order valence-corrected chi connectivity index (χ0v) is 11.8. The van der Waals surface area contributed by atoms with E-state index in [4.69, 9.17) is 11.6 Å². The molecule has 0 spiro atoms. The quantitative estimate of drug-likeness (QED) is 0.859. The van der Waals surface area contributed by atoms with Crippen molar-refractivity contribution in [2.24, 2.45) is 5.92 Å². The number of hydrogen-bond donors (Lipinski definition) is 0. The molecule has 20 heavy (non-hydrogen) atoms. The van der Waals surface area contributed by atoms with Crippen molar-refractivity contribution in [2.45, 2.75) is 19.4 Å². The van der Waals surface area contributed by atoms with E-state index in [1.54, 1.807) is 12.4 Å². The predicted molar refractivity (Wildman–Crippen MR) is 79.6 cm³/mol. The molecule has 1 aliphatic rings. The molecule has 1 aromatic heterocycles. The molecule has 0 saturated heterocycles. The SMILES string of the molecule is O=C(C1CC1)N(Cc1ccncc1)c1ccc(Cl)cc1. The average molecular weight is 287 g/mol. The molecule has 0 bridgehead atoms. The predicted octanol–water partition coefficient (Wildman–Crippen LogP) is 3.68. The number of anilines is 1. The monoisotopic (exact) mass is 286 g/mol. The first-order valence-corrected chi connectivity index (χ1v) is 7.08. The fraction of sp³-hybridized carbons (Fsp3) is 0.250. The normalized spacial score (nSPS) is 14.1. The standard InChI is InChI=1S/C16H15ClN2O/c17-14-3-5-15(6-4-14)19(16(20)13-1-2-13)11-12-7-9-18-10-8-12/h3-10,13H,1-2,11H2. The Hall–Kier alpha value is -1.87. The van der Waals surface area contributed by atoms with Gasteiger partial charge in [0.15, 0.2) is 0 Å². The molecule has 4 heteroatoms. The third-order valence-electron chi connectivity index (χ3n) is 3.42. The zero-order chi connectivity index (χ0) is 13.9. The van der Waals surface area contributed by atoms with Crippen LogP contribution in [-0.4, -0.2) is 10.9 Å². The van der Waals surface area contributed by atoms with E-state index in [1.807, 2.05) is 41.3 Å². The number of aromatic nitrogens is 1. The second kappa shape index (κ2) is 5.63. The summed E-state index contributed by atoms with van der Waals surface area (Å²) in [6.45, 7) is 0.569. The van der Waals surface area contributed by atoms with Crippen LogP contribution in [0.2, 0.25) is 5.02 Å². The third kappa shape index (κ3) is 2.99. The van der Waals surface area contributed by atoms with Gasteiger partial charge in [0.1, 0.15) is 0 Å². The molecule has 1 amide bonds. The molecule has 0 radical (unpaired) electrons. The topological polar surface area (TPSA) is 33.2 Å². The summed E-state index contributed by atoms with van der Waals surface area (Å²) in [5.74, 6) is 0.386. The molecular weight excluding hydrogens is 272 g/mol. The van der Waals surface area contributed by atoms with Crippen molar-refractivity contribution in [3.8, 4) is 0 Å². The van der Waals surface area contributed by atoms with Crippen LogP contribution in [0.4, 0.5) is 5.69 Å². The van der Waals surface area contributed by atoms with Crippen LogP contribution in [0.5, 0.6) is 0 Å². The Kier molecular flexibility index (Phi) is 3.70. The largest absolute Gasteiger partial charge is 0.308 e. The summed E-state index contributed by atoms with van der Waals surface area (Å²) in [7, 11) is 0. The second-order valence-corrected chi connectivity index (χ2v) is 5.47. The fourth-order valence-electron chi connectivity index (χ4n) is 2.14. The fourth-order valence-corrected chi connectivity index (χ4v) is 2.26. The lowest BCUT2D eigenvalue weighted by atomic mass is 10.2. The highest BCUT2D eigenvalue weighted by Crippen LogP contribution is 2.33. The van der Waals surface area contributed by atoms with Gasteiger partial charge in [0, 0.05) is 29.0 Å². The summed E-state index contributed by atoms with van der Waals surface area (Å²) in [6, 6.07) is 11.3. The molecule has 3 rings (SSSR count). The van der Waals surface area contributed by atoms with E-state index < -0.39 is 0 Å². The van der Waals surface area contributed by atoms with Crippen molar-refractivity contribution in [3.05, 3.63) is 59.4 Å². The molecular formula is C16H15ClN2O. The minimum absolute atomic E-state index is 0.188. The number of carbonyl (C=O) groups is 1. The van der Waals surface area contributed by atoms with E-state index in [-0.39, 0.29) is 11.8 Å². The van der Waals surface area contributed by atoms with E-state index in [2.05, 4.69) is 4.98 Å². The van der Waals surface area contributed by atoms with Gasteiger partial charge in [-0.15, -0.1) is 0 Å². The molecule has 0 aliphatic heterocycles. The minimum atomic E-state index is 0.188. The van der Waals surface area contributed by atoms with Crippen LogP contribution in [0, 0.1) is 5.92 Å². The van der Waals surface area contributed by atoms with Crippen LogP contribution in [0.3, 0.4) is 0 Å². The molecule has 102 valence electrons. The van der Waals surface area contributed by atoms with E-state index in [0.29, 0.717) is 11.6 Å². The Bertz CT molecular complexity index is 594. The van der Waals surface area contributed by atoms with Gasteiger partial charge in [0.2, 0.25) is 5.91 Å². The second-order valence-electron chi connectivity index (χ2n) is 5.03. The van der Waals surface area contributed by atoms with Crippen LogP contribution < -0.4 is 4.90 Å². The number of nitrogens with zero attached hydrogens (tertiary/aromatic N) is 2. The van der Waals surface area contributed by atoms with Gasteiger partial charge in [-0.3, -0.25) is 9.78 Å². The number of benzene rings is 1. The van der Waals surface area contributed by atoms with Crippen LogP contribution in [0.15, 0.2) is 48.8 Å². The van der Waals surface area contributed by atoms with Gasteiger partial charge in [-0.25, -0.2) is 0 Å². The average Bonchev–Trinajstić information content (AvgIpc) is 3.31. The van der Waals surface area contributed by atoms with E-state index in [1.165, 1.54) is 0 Å². The maximum atomic E-state index is 12.5. The summed E-state index contributed by atoms with van der Waals surface area (Å²) in [4.78, 5) is 18.3. The number of halogens is 1. The van der Waals surface area contributed by atoms with Crippen molar-refractivity contribution in [1.29, 1.82) is 0 Å². The van der Waals surface area contributed by atoms with Crippen molar-refractivity contribution in [2.75, 3.05) is 4.90 Å². The lowest BCUT2D eigenvalue weighted by molar-refractivity contribution is -0.119. The van der Waals surface area contributed by atoms with Crippen molar-refractivity contribution in [3.63, 3.8) is 0 Å². The van der Waals surface area contributed by atoms with Gasteiger partial charge in [-0.05, 0) is 54.8 Å². The van der Waals surface area contributed by atoms with Gasteiger partial charge >= 0.3 is 0 Å². The Morgan fingerprint density at radius 1 is 1.15 bits per heavy atom. The molecule has 3 nitrogen and oxygen atoms in total. The maximum Gasteiger partial charge on any atom is 0.230 e. The molecule has 1 saturated carbocycles. The number of carbonyl (C=O) groups excluding carboxylic acids is 1. The van der Waals surface area contributed by atoms with E-state index in [0.717, 1.165) is 24.1 Å². The summed E-state index contributed by atoms with van der Waals surface area (Å²) in [6.07, 6.45) is 5.49. The van der Waals surface area contributed by atoms with E-state index >= 15 is 0 Å². The first-order valence-electron chi connectivity index (χ1n) is 6.70. The Morgan fingerprint density at radius 2 is 1.80 bits per heavy atom. The molecule has 1 aliphatic carbocycles. The van der Waals surface area contributed by atoms with E-state index in [9.17, 15) is 4.79 Å². The molecule has 0 unspecified atom stereocenters. The van der Waals surface area contributed by atoms with Crippen LogP contribution in [-0.2, 0) is 11.3 Å². The summed E-state index contributed by atoms with van der Waals surface area (Å²) in [5, 5.41) is 0.677. The highest BCUT2D eigenvalue weighted by atomic mass is 35.5. The minimum Gasteiger partial charge on any atom is -0.308 e. The highest BCUT2D eigenvalue weighted by molar-refractivity contribution is 6.30. The lowest BCUT2D eigenvalue weighted by Crippen LogP contribution is -2.31. The highest BCUT2D eigenvalue weighted by Gasteiger charge is 2.34. The van der Waals surface area contributed by atoms with Gasteiger partial charge in [0.05, 0.1) is 6.54 Å². The van der Waals surface area contributed by atoms with Crippen LogP contribution in [0.25, 0.3) is 0 Å². The number of rotatable bonds is 4. The lowest BCUT2D eigenvalue weighted by Gasteiger charge is -2.23. The van der Waals surface area contributed by atoms with Crippen molar-refractivity contribution in [1.82, 2.24) is 4.98 Å². The number of amides is 1. The van der Waals surface area contributed by atoms with Gasteiger partial charge in [-0.1, -0.05) is 11.6 Å². The number of pyridine rings is 1. The Balaban J connectivity index is 1.87. The Labute approximate surface area is 123 Å².